The van der Waals surface area contributed by atoms with Gasteiger partial charge >= 0.3 is 0 Å². The zero-order valence-corrected chi connectivity index (χ0v) is 10.1. The van der Waals surface area contributed by atoms with E-state index < -0.39 is 0 Å². The molecule has 1 aromatic rings. The predicted molar refractivity (Wildman–Crippen MR) is 64.6 cm³/mol. The number of amides is 1. The zero-order valence-electron chi connectivity index (χ0n) is 10.1. The summed E-state index contributed by atoms with van der Waals surface area (Å²) >= 11 is 0. The van der Waals surface area contributed by atoms with Gasteiger partial charge in [0.25, 0.3) is 0 Å². The molecule has 0 bridgehead atoms. The van der Waals surface area contributed by atoms with Gasteiger partial charge in [-0.05, 0) is 31.0 Å². The Hall–Kier alpha value is -1.42. The third-order valence-electron chi connectivity index (χ3n) is 2.97. The number of rotatable bonds is 3. The Morgan fingerprint density at radius 2 is 2.29 bits per heavy atom. The maximum Gasteiger partial charge on any atom is 0.223 e. The average molecular weight is 234 g/mol. The molecule has 1 aromatic heterocycles. The fraction of sp³-hybridized carbons (Fsp3) is 0.538. The standard InChI is InChI=1S/C13H18N2O2/c1-11-10-15(8-9-17-11)13(16)3-2-12-4-6-14-7-5-12/h4-7,11H,2-3,8-10H2,1H3. The van der Waals surface area contributed by atoms with Crippen molar-refractivity contribution >= 4 is 5.91 Å². The van der Waals surface area contributed by atoms with Gasteiger partial charge in [0.2, 0.25) is 5.91 Å². The Bertz CT molecular complexity index is 367. The summed E-state index contributed by atoms with van der Waals surface area (Å²) in [6, 6.07) is 3.91. The molecular weight excluding hydrogens is 216 g/mol. The van der Waals surface area contributed by atoms with Crippen LogP contribution in [-0.4, -0.2) is 41.6 Å². The van der Waals surface area contributed by atoms with E-state index in [0.717, 1.165) is 25.1 Å². The van der Waals surface area contributed by atoms with Gasteiger partial charge in [0.1, 0.15) is 0 Å². The number of aryl methyl sites for hydroxylation is 1. The summed E-state index contributed by atoms with van der Waals surface area (Å²) in [5.41, 5.74) is 1.16. The Labute approximate surface area is 102 Å². The van der Waals surface area contributed by atoms with Gasteiger partial charge in [-0.2, -0.15) is 0 Å². The number of hydrogen-bond donors (Lipinski definition) is 0. The molecule has 1 aliphatic rings. The van der Waals surface area contributed by atoms with Gasteiger partial charge in [-0.15, -0.1) is 0 Å². The van der Waals surface area contributed by atoms with Crippen molar-refractivity contribution < 1.29 is 9.53 Å². The van der Waals surface area contributed by atoms with Crippen molar-refractivity contribution in [3.05, 3.63) is 30.1 Å². The molecule has 1 aliphatic heterocycles. The normalized spacial score (nSPS) is 20.3. The number of pyridine rings is 1. The molecule has 0 aromatic carbocycles. The minimum Gasteiger partial charge on any atom is -0.375 e. The van der Waals surface area contributed by atoms with Crippen LogP contribution in [0.3, 0.4) is 0 Å². The zero-order chi connectivity index (χ0) is 12.1. The third-order valence-corrected chi connectivity index (χ3v) is 2.97. The summed E-state index contributed by atoms with van der Waals surface area (Å²) in [6.07, 6.45) is 5.03. The summed E-state index contributed by atoms with van der Waals surface area (Å²) in [5, 5.41) is 0. The van der Waals surface area contributed by atoms with Gasteiger partial charge in [0, 0.05) is 31.9 Å². The largest absolute Gasteiger partial charge is 0.375 e. The summed E-state index contributed by atoms with van der Waals surface area (Å²) in [6.45, 7) is 4.10. The fourth-order valence-corrected chi connectivity index (χ4v) is 2.00. The minimum absolute atomic E-state index is 0.161. The predicted octanol–water partition coefficient (Wildman–Crippen LogP) is 1.26. The first-order valence-electron chi connectivity index (χ1n) is 6.04. The minimum atomic E-state index is 0.161. The van der Waals surface area contributed by atoms with E-state index in [2.05, 4.69) is 4.98 Å². The van der Waals surface area contributed by atoms with Gasteiger partial charge in [-0.3, -0.25) is 9.78 Å². The molecule has 0 spiro atoms. The number of hydrogen-bond acceptors (Lipinski definition) is 3. The highest BCUT2D eigenvalue weighted by Gasteiger charge is 2.20. The summed E-state index contributed by atoms with van der Waals surface area (Å²) in [7, 11) is 0. The molecule has 92 valence electrons. The highest BCUT2D eigenvalue weighted by molar-refractivity contribution is 5.76. The number of nitrogens with zero attached hydrogens (tertiary/aromatic N) is 2. The first-order valence-corrected chi connectivity index (χ1v) is 6.04. The molecule has 4 heteroatoms. The number of carbonyl (C=O) groups is 1. The van der Waals surface area contributed by atoms with Crippen molar-refractivity contribution in [2.75, 3.05) is 19.7 Å². The van der Waals surface area contributed by atoms with E-state index in [1.54, 1.807) is 12.4 Å². The van der Waals surface area contributed by atoms with E-state index in [1.807, 2.05) is 24.0 Å². The van der Waals surface area contributed by atoms with Crippen molar-refractivity contribution in [2.45, 2.75) is 25.9 Å². The Morgan fingerprint density at radius 3 is 3.00 bits per heavy atom. The molecule has 1 saturated heterocycles. The highest BCUT2D eigenvalue weighted by atomic mass is 16.5. The van der Waals surface area contributed by atoms with Crippen LogP contribution >= 0.6 is 0 Å². The van der Waals surface area contributed by atoms with Crippen molar-refractivity contribution in [1.82, 2.24) is 9.88 Å². The first kappa shape index (κ1) is 12.0. The van der Waals surface area contributed by atoms with E-state index in [0.29, 0.717) is 13.0 Å². The van der Waals surface area contributed by atoms with Gasteiger partial charge in [0.15, 0.2) is 0 Å². The fourth-order valence-electron chi connectivity index (χ4n) is 2.00. The second kappa shape index (κ2) is 5.77. The molecule has 0 N–H and O–H groups in total. The molecule has 17 heavy (non-hydrogen) atoms. The molecule has 2 heterocycles. The van der Waals surface area contributed by atoms with Crippen LogP contribution in [0.15, 0.2) is 24.5 Å². The van der Waals surface area contributed by atoms with E-state index in [1.165, 1.54) is 0 Å². The lowest BCUT2D eigenvalue weighted by atomic mass is 10.1. The summed E-state index contributed by atoms with van der Waals surface area (Å²) in [5.74, 6) is 0.219. The number of ether oxygens (including phenoxy) is 1. The maximum atomic E-state index is 12.0. The molecule has 1 amide bonds. The lowest BCUT2D eigenvalue weighted by molar-refractivity contribution is -0.138. The SMILES string of the molecule is CC1CN(C(=O)CCc2ccncc2)CCO1. The number of aromatic nitrogens is 1. The summed E-state index contributed by atoms with van der Waals surface area (Å²) in [4.78, 5) is 17.8. The van der Waals surface area contributed by atoms with Crippen molar-refractivity contribution in [2.24, 2.45) is 0 Å². The van der Waals surface area contributed by atoms with Gasteiger partial charge < -0.3 is 9.64 Å². The average Bonchev–Trinajstić information content (AvgIpc) is 2.37. The molecule has 0 aliphatic carbocycles. The Morgan fingerprint density at radius 1 is 1.53 bits per heavy atom. The van der Waals surface area contributed by atoms with Crippen LogP contribution in [0.2, 0.25) is 0 Å². The van der Waals surface area contributed by atoms with Crippen LogP contribution in [0.25, 0.3) is 0 Å². The summed E-state index contributed by atoms with van der Waals surface area (Å²) < 4.78 is 5.42. The van der Waals surface area contributed by atoms with E-state index >= 15 is 0 Å². The van der Waals surface area contributed by atoms with Gasteiger partial charge in [-0.25, -0.2) is 0 Å². The number of morpholine rings is 1. The Kier molecular flexibility index (Phi) is 4.09. The Balaban J connectivity index is 1.81. The third kappa shape index (κ3) is 3.53. The molecule has 2 rings (SSSR count). The van der Waals surface area contributed by atoms with Crippen molar-refractivity contribution in [3.63, 3.8) is 0 Å². The van der Waals surface area contributed by atoms with Crippen LogP contribution in [0.1, 0.15) is 18.9 Å². The van der Waals surface area contributed by atoms with Crippen LogP contribution in [0, 0.1) is 0 Å². The first-order chi connectivity index (χ1) is 8.25. The second-order valence-corrected chi connectivity index (χ2v) is 4.38. The molecule has 0 radical (unpaired) electrons. The van der Waals surface area contributed by atoms with E-state index in [4.69, 9.17) is 4.74 Å². The van der Waals surface area contributed by atoms with Gasteiger partial charge in [-0.1, -0.05) is 0 Å². The van der Waals surface area contributed by atoms with Crippen molar-refractivity contribution in [1.29, 1.82) is 0 Å². The van der Waals surface area contributed by atoms with Gasteiger partial charge in [0.05, 0.1) is 12.7 Å². The molecule has 1 fully saturated rings. The monoisotopic (exact) mass is 234 g/mol. The topological polar surface area (TPSA) is 42.4 Å². The number of carbonyl (C=O) groups excluding carboxylic acids is 1. The highest BCUT2D eigenvalue weighted by Crippen LogP contribution is 2.08. The smallest absolute Gasteiger partial charge is 0.223 e. The molecule has 4 nitrogen and oxygen atoms in total. The van der Waals surface area contributed by atoms with E-state index in [9.17, 15) is 4.79 Å². The van der Waals surface area contributed by atoms with Crippen molar-refractivity contribution in [3.8, 4) is 0 Å². The second-order valence-electron chi connectivity index (χ2n) is 4.38. The van der Waals surface area contributed by atoms with Crippen LogP contribution < -0.4 is 0 Å². The molecule has 1 atom stereocenters. The quantitative estimate of drug-likeness (QED) is 0.790. The van der Waals surface area contributed by atoms with E-state index in [-0.39, 0.29) is 12.0 Å². The lowest BCUT2D eigenvalue weighted by Gasteiger charge is -2.31. The van der Waals surface area contributed by atoms with Crippen LogP contribution in [-0.2, 0) is 16.0 Å². The lowest BCUT2D eigenvalue weighted by Crippen LogP contribution is -2.44. The maximum absolute atomic E-state index is 12.0. The molecular formula is C13H18N2O2. The van der Waals surface area contributed by atoms with Crippen LogP contribution in [0.4, 0.5) is 0 Å². The molecule has 0 saturated carbocycles. The van der Waals surface area contributed by atoms with Crippen LogP contribution in [0.5, 0.6) is 0 Å². The molecule has 1 unspecified atom stereocenters.